The number of hydrogen-bond acceptors (Lipinski definition) is 3. The van der Waals surface area contributed by atoms with Gasteiger partial charge < -0.3 is 4.90 Å². The van der Waals surface area contributed by atoms with Gasteiger partial charge in [-0.3, -0.25) is 4.79 Å². The van der Waals surface area contributed by atoms with Crippen molar-refractivity contribution in [3.8, 4) is 0 Å². The largest absolute Gasteiger partial charge is 0.302 e. The Labute approximate surface area is 111 Å². The number of nitrogens with zero attached hydrogens (tertiary/aromatic N) is 1. The minimum Gasteiger partial charge on any atom is -0.302 e. The van der Waals surface area contributed by atoms with Crippen LogP contribution in [0.3, 0.4) is 0 Å². The van der Waals surface area contributed by atoms with Crippen molar-refractivity contribution in [2.24, 2.45) is 11.8 Å². The summed E-state index contributed by atoms with van der Waals surface area (Å²) in [4.78, 5) is 14.3. The molecule has 0 aromatic carbocycles. The van der Waals surface area contributed by atoms with Crippen LogP contribution in [0.1, 0.15) is 39.5 Å². The highest BCUT2D eigenvalue weighted by molar-refractivity contribution is 7.98. The molecule has 3 unspecified atom stereocenters. The number of ketones is 1. The highest BCUT2D eigenvalue weighted by atomic mass is 32.2. The van der Waals surface area contributed by atoms with Gasteiger partial charge in [-0.05, 0) is 39.0 Å². The first-order valence-corrected chi connectivity index (χ1v) is 8.19. The lowest BCUT2D eigenvalue weighted by molar-refractivity contribution is -0.126. The Morgan fingerprint density at radius 3 is 2.82 bits per heavy atom. The lowest BCUT2D eigenvalue weighted by Crippen LogP contribution is -2.39. The van der Waals surface area contributed by atoms with Crippen molar-refractivity contribution in [1.29, 1.82) is 0 Å². The van der Waals surface area contributed by atoms with Crippen LogP contribution in [0.2, 0.25) is 0 Å². The number of carbonyl (C=O) groups is 1. The van der Waals surface area contributed by atoms with Crippen LogP contribution in [0.4, 0.5) is 0 Å². The molecule has 0 aromatic heterocycles. The molecule has 2 nitrogen and oxygen atoms in total. The van der Waals surface area contributed by atoms with Gasteiger partial charge in [-0.15, -0.1) is 0 Å². The lowest BCUT2D eigenvalue weighted by Gasteiger charge is -2.32. The average Bonchev–Trinajstić information content (AvgIpc) is 2.32. The smallest absolute Gasteiger partial charge is 0.137 e. The minimum absolute atomic E-state index is 0.294. The molecule has 0 N–H and O–H groups in total. The number of Topliss-reactive ketones (excluding diaryl/α,β-unsaturated/α-hetero) is 1. The van der Waals surface area contributed by atoms with Gasteiger partial charge in [0.1, 0.15) is 5.78 Å². The summed E-state index contributed by atoms with van der Waals surface area (Å²) in [6.07, 6.45) is 6.42. The van der Waals surface area contributed by atoms with Crippen LogP contribution >= 0.6 is 11.8 Å². The Hall–Kier alpha value is -0.0200. The van der Waals surface area contributed by atoms with Crippen molar-refractivity contribution in [3.05, 3.63) is 0 Å². The van der Waals surface area contributed by atoms with Crippen molar-refractivity contribution in [2.45, 2.75) is 45.6 Å². The molecule has 0 aliphatic heterocycles. The molecule has 1 saturated carbocycles. The standard InChI is InChI=1S/C14H27NOS/c1-5-12-6-7-14(16)13(8-12)9-15(3)11(2)10-17-4/h11-13H,5-10H2,1-4H3. The molecule has 17 heavy (non-hydrogen) atoms. The molecule has 1 aliphatic carbocycles. The molecule has 0 aromatic rings. The summed E-state index contributed by atoms with van der Waals surface area (Å²) in [6, 6.07) is 0.569. The Morgan fingerprint density at radius 2 is 2.24 bits per heavy atom. The van der Waals surface area contributed by atoms with Crippen molar-refractivity contribution < 1.29 is 4.79 Å². The van der Waals surface area contributed by atoms with E-state index in [2.05, 4.69) is 32.1 Å². The van der Waals surface area contributed by atoms with Gasteiger partial charge in [0.2, 0.25) is 0 Å². The molecule has 3 atom stereocenters. The normalized spacial score (nSPS) is 27.5. The molecular formula is C14H27NOS. The number of rotatable bonds is 6. The molecule has 0 saturated heterocycles. The van der Waals surface area contributed by atoms with E-state index in [1.54, 1.807) is 0 Å². The summed E-state index contributed by atoms with van der Waals surface area (Å²) in [7, 11) is 2.16. The topological polar surface area (TPSA) is 20.3 Å². The SMILES string of the molecule is CCC1CCC(=O)C(CN(C)C(C)CSC)C1. The Morgan fingerprint density at radius 1 is 1.53 bits per heavy atom. The van der Waals surface area contributed by atoms with E-state index in [0.717, 1.165) is 37.5 Å². The van der Waals surface area contributed by atoms with Crippen LogP contribution in [-0.2, 0) is 4.79 Å². The first-order valence-electron chi connectivity index (χ1n) is 6.80. The van der Waals surface area contributed by atoms with Gasteiger partial charge in [0.25, 0.3) is 0 Å². The van der Waals surface area contributed by atoms with Crippen LogP contribution in [0, 0.1) is 11.8 Å². The van der Waals surface area contributed by atoms with Crippen molar-refractivity contribution in [1.82, 2.24) is 4.90 Å². The summed E-state index contributed by atoms with van der Waals surface area (Å²) < 4.78 is 0. The predicted octanol–water partition coefficient (Wildman–Crippen LogP) is 3.07. The van der Waals surface area contributed by atoms with Crippen molar-refractivity contribution >= 4 is 17.5 Å². The lowest BCUT2D eigenvalue weighted by atomic mass is 9.79. The summed E-state index contributed by atoms with van der Waals surface area (Å²) in [5, 5.41) is 0. The van der Waals surface area contributed by atoms with Gasteiger partial charge >= 0.3 is 0 Å². The van der Waals surface area contributed by atoms with E-state index in [4.69, 9.17) is 0 Å². The molecule has 0 bridgehead atoms. The number of carbonyl (C=O) groups excluding carboxylic acids is 1. The highest BCUT2D eigenvalue weighted by Crippen LogP contribution is 2.29. The van der Waals surface area contributed by atoms with Crippen LogP contribution in [0.25, 0.3) is 0 Å². The zero-order chi connectivity index (χ0) is 12.8. The fourth-order valence-electron chi connectivity index (χ4n) is 2.65. The minimum atomic E-state index is 0.294. The molecule has 0 heterocycles. The third-order valence-electron chi connectivity index (χ3n) is 4.12. The first-order chi connectivity index (χ1) is 8.08. The van der Waals surface area contributed by atoms with E-state index in [9.17, 15) is 4.79 Å². The number of hydrogen-bond donors (Lipinski definition) is 0. The average molecular weight is 257 g/mol. The Balaban J connectivity index is 2.45. The third kappa shape index (κ3) is 4.63. The third-order valence-corrected chi connectivity index (χ3v) is 4.93. The maximum Gasteiger partial charge on any atom is 0.137 e. The van der Waals surface area contributed by atoms with Gasteiger partial charge in [-0.1, -0.05) is 13.3 Å². The summed E-state index contributed by atoms with van der Waals surface area (Å²) in [6.45, 7) is 5.45. The summed E-state index contributed by atoms with van der Waals surface area (Å²) in [5.41, 5.74) is 0. The Kier molecular flexibility index (Phi) is 6.57. The maximum absolute atomic E-state index is 11.9. The predicted molar refractivity (Wildman–Crippen MR) is 76.6 cm³/mol. The zero-order valence-corrected chi connectivity index (χ0v) is 12.6. The second-order valence-corrected chi connectivity index (χ2v) is 6.37. The summed E-state index contributed by atoms with van der Waals surface area (Å²) >= 11 is 1.88. The van der Waals surface area contributed by atoms with Gasteiger partial charge in [0.05, 0.1) is 0 Å². The second-order valence-electron chi connectivity index (χ2n) is 5.46. The van der Waals surface area contributed by atoms with E-state index in [1.165, 1.54) is 6.42 Å². The van der Waals surface area contributed by atoms with E-state index in [0.29, 0.717) is 17.7 Å². The molecule has 1 rings (SSSR count). The Bertz CT molecular complexity index is 244. The molecule has 3 heteroatoms. The van der Waals surface area contributed by atoms with Gasteiger partial charge in [-0.2, -0.15) is 11.8 Å². The molecule has 0 amide bonds. The molecule has 1 fully saturated rings. The molecule has 1 aliphatic rings. The van der Waals surface area contributed by atoms with E-state index < -0.39 is 0 Å². The quantitative estimate of drug-likeness (QED) is 0.729. The second kappa shape index (κ2) is 7.42. The fraction of sp³-hybridized carbons (Fsp3) is 0.929. The van der Waals surface area contributed by atoms with E-state index in [1.807, 2.05) is 11.8 Å². The van der Waals surface area contributed by atoms with Gasteiger partial charge in [0.15, 0.2) is 0 Å². The first kappa shape index (κ1) is 15.0. The highest BCUT2D eigenvalue weighted by Gasteiger charge is 2.29. The molecule has 100 valence electrons. The number of thioether (sulfide) groups is 1. The molecule has 0 radical (unpaired) electrons. The van der Waals surface area contributed by atoms with Crippen LogP contribution in [0.5, 0.6) is 0 Å². The fourth-order valence-corrected chi connectivity index (χ4v) is 3.38. The van der Waals surface area contributed by atoms with E-state index >= 15 is 0 Å². The monoisotopic (exact) mass is 257 g/mol. The molecule has 0 spiro atoms. The van der Waals surface area contributed by atoms with Gasteiger partial charge in [-0.25, -0.2) is 0 Å². The van der Waals surface area contributed by atoms with Crippen LogP contribution in [-0.4, -0.2) is 42.3 Å². The maximum atomic E-state index is 11.9. The van der Waals surface area contributed by atoms with Crippen molar-refractivity contribution in [3.63, 3.8) is 0 Å². The van der Waals surface area contributed by atoms with Gasteiger partial charge in [0, 0.05) is 30.7 Å². The zero-order valence-electron chi connectivity index (χ0n) is 11.7. The summed E-state index contributed by atoms with van der Waals surface area (Å²) in [5.74, 6) is 2.72. The van der Waals surface area contributed by atoms with E-state index in [-0.39, 0.29) is 0 Å². The van der Waals surface area contributed by atoms with Crippen LogP contribution in [0.15, 0.2) is 0 Å². The van der Waals surface area contributed by atoms with Crippen LogP contribution < -0.4 is 0 Å². The van der Waals surface area contributed by atoms with Crippen molar-refractivity contribution in [2.75, 3.05) is 25.6 Å². The molecular weight excluding hydrogens is 230 g/mol.